The third-order valence-corrected chi connectivity index (χ3v) is 3.90. The molecule has 2 rings (SSSR count). The van der Waals surface area contributed by atoms with E-state index in [1.807, 2.05) is 17.9 Å². The Kier molecular flexibility index (Phi) is 2.67. The minimum absolute atomic E-state index is 0.375. The molecule has 0 aliphatic carbocycles. The first-order chi connectivity index (χ1) is 7.13. The molecule has 82 valence electrons. The van der Waals surface area contributed by atoms with Crippen LogP contribution in [0.2, 0.25) is 0 Å². The second-order valence-corrected chi connectivity index (χ2v) is 5.13. The van der Waals surface area contributed by atoms with Gasteiger partial charge in [0.1, 0.15) is 5.75 Å². The second kappa shape index (κ2) is 3.83. The highest BCUT2D eigenvalue weighted by Crippen LogP contribution is 2.25. The molecule has 0 saturated carbocycles. The summed E-state index contributed by atoms with van der Waals surface area (Å²) >= 11 is 0. The second-order valence-electron chi connectivity index (χ2n) is 3.43. The summed E-state index contributed by atoms with van der Waals surface area (Å²) in [5, 5.41) is -0.456. The largest absolute Gasteiger partial charge is 0.381 e. The molecule has 0 amide bonds. The van der Waals surface area contributed by atoms with E-state index in [0.717, 1.165) is 6.54 Å². The van der Waals surface area contributed by atoms with E-state index in [-0.39, 0.29) is 0 Å². The van der Waals surface area contributed by atoms with Crippen LogP contribution in [0.15, 0.2) is 30.3 Å². The van der Waals surface area contributed by atoms with Crippen molar-refractivity contribution in [3.63, 3.8) is 0 Å². The zero-order chi connectivity index (χ0) is 10.9. The van der Waals surface area contributed by atoms with Crippen LogP contribution in [0.25, 0.3) is 0 Å². The van der Waals surface area contributed by atoms with Crippen molar-refractivity contribution in [3.8, 4) is 5.75 Å². The van der Waals surface area contributed by atoms with Crippen molar-refractivity contribution >= 4 is 10.1 Å². The maximum Gasteiger partial charge on any atom is 0.326 e. The van der Waals surface area contributed by atoms with Gasteiger partial charge in [-0.05, 0) is 18.7 Å². The molecule has 1 heterocycles. The minimum Gasteiger partial charge on any atom is -0.381 e. The van der Waals surface area contributed by atoms with Crippen LogP contribution in [0.5, 0.6) is 5.75 Å². The van der Waals surface area contributed by atoms with Gasteiger partial charge in [0.05, 0.1) is 0 Å². The third kappa shape index (κ3) is 2.30. The normalized spacial score (nSPS) is 24.9. The van der Waals surface area contributed by atoms with Crippen molar-refractivity contribution in [3.05, 3.63) is 30.3 Å². The van der Waals surface area contributed by atoms with Crippen molar-refractivity contribution in [2.24, 2.45) is 0 Å². The Balaban J connectivity index is 2.07. The first kappa shape index (κ1) is 10.4. The molecule has 0 N–H and O–H groups in total. The van der Waals surface area contributed by atoms with Gasteiger partial charge in [0.15, 0.2) is 5.37 Å². The van der Waals surface area contributed by atoms with Crippen LogP contribution < -0.4 is 4.18 Å². The highest BCUT2D eigenvalue weighted by molar-refractivity contribution is 7.88. The summed E-state index contributed by atoms with van der Waals surface area (Å²) in [5.74, 6) is 0.375. The first-order valence-corrected chi connectivity index (χ1v) is 6.33. The minimum atomic E-state index is -3.48. The highest BCUT2D eigenvalue weighted by Gasteiger charge is 2.45. The molecule has 1 fully saturated rings. The predicted octanol–water partition coefficient (Wildman–Crippen LogP) is 1.06. The molecule has 0 bridgehead atoms. The Hall–Kier alpha value is -1.07. The number of benzene rings is 1. The number of hydrogen-bond donors (Lipinski definition) is 0. The van der Waals surface area contributed by atoms with E-state index in [4.69, 9.17) is 4.18 Å². The lowest BCUT2D eigenvalue weighted by atomic mass is 10.3. The van der Waals surface area contributed by atoms with Gasteiger partial charge in [-0.15, -0.1) is 0 Å². The molecule has 1 aromatic rings. The molecule has 0 spiro atoms. The van der Waals surface area contributed by atoms with Gasteiger partial charge in [-0.2, -0.15) is 8.42 Å². The van der Waals surface area contributed by atoms with Gasteiger partial charge in [-0.25, -0.2) is 0 Å². The molecular weight excluding hydrogens is 214 g/mol. The molecule has 0 aromatic heterocycles. The topological polar surface area (TPSA) is 46.4 Å². The quantitative estimate of drug-likeness (QED) is 0.570. The van der Waals surface area contributed by atoms with Crippen LogP contribution >= 0.6 is 0 Å². The van der Waals surface area contributed by atoms with Crippen LogP contribution in [-0.2, 0) is 10.1 Å². The fourth-order valence-corrected chi connectivity index (χ4v) is 2.80. The summed E-state index contributed by atoms with van der Waals surface area (Å²) < 4.78 is 28.3. The monoisotopic (exact) mass is 227 g/mol. The van der Waals surface area contributed by atoms with Gasteiger partial charge in [-0.1, -0.05) is 25.1 Å². The molecule has 1 saturated heterocycles. The fraction of sp³-hybridized carbons (Fsp3) is 0.400. The van der Waals surface area contributed by atoms with Crippen LogP contribution in [0.3, 0.4) is 0 Å². The van der Waals surface area contributed by atoms with Gasteiger partial charge < -0.3 is 4.18 Å². The van der Waals surface area contributed by atoms with Gasteiger partial charge in [0.25, 0.3) is 0 Å². The Morgan fingerprint density at radius 2 is 2.07 bits per heavy atom. The van der Waals surface area contributed by atoms with E-state index in [2.05, 4.69) is 0 Å². The van der Waals surface area contributed by atoms with Crippen molar-refractivity contribution in [2.45, 2.75) is 12.3 Å². The Morgan fingerprint density at radius 1 is 1.40 bits per heavy atom. The summed E-state index contributed by atoms with van der Waals surface area (Å²) in [6.45, 7) is 3.24. The van der Waals surface area contributed by atoms with E-state index in [0.29, 0.717) is 12.3 Å². The molecule has 1 aromatic carbocycles. The molecule has 1 aliphatic rings. The maximum atomic E-state index is 11.7. The average molecular weight is 227 g/mol. The van der Waals surface area contributed by atoms with Crippen LogP contribution in [-0.4, -0.2) is 31.8 Å². The van der Waals surface area contributed by atoms with Crippen molar-refractivity contribution in [2.75, 3.05) is 13.1 Å². The van der Waals surface area contributed by atoms with Gasteiger partial charge in [0, 0.05) is 6.54 Å². The summed E-state index contributed by atoms with van der Waals surface area (Å²) in [5.41, 5.74) is 0. The molecule has 1 aliphatic heterocycles. The summed E-state index contributed by atoms with van der Waals surface area (Å²) in [6.07, 6.45) is 0. The Labute approximate surface area is 89.6 Å². The Morgan fingerprint density at radius 3 is 2.60 bits per heavy atom. The number of rotatable bonds is 4. The van der Waals surface area contributed by atoms with E-state index >= 15 is 0 Å². The maximum absolute atomic E-state index is 11.7. The van der Waals surface area contributed by atoms with E-state index in [9.17, 15) is 8.42 Å². The summed E-state index contributed by atoms with van der Waals surface area (Å²) in [6, 6.07) is 8.58. The molecule has 15 heavy (non-hydrogen) atoms. The van der Waals surface area contributed by atoms with E-state index < -0.39 is 15.5 Å². The summed E-state index contributed by atoms with van der Waals surface area (Å²) in [4.78, 5) is 1.83. The van der Waals surface area contributed by atoms with Crippen LogP contribution in [0.1, 0.15) is 6.92 Å². The lowest BCUT2D eigenvalue weighted by Gasteiger charge is -2.05. The number of hydrogen-bond acceptors (Lipinski definition) is 4. The average Bonchev–Trinajstić information content (AvgIpc) is 2.98. The molecule has 0 radical (unpaired) electrons. The van der Waals surface area contributed by atoms with Gasteiger partial charge >= 0.3 is 10.1 Å². The third-order valence-electron chi connectivity index (χ3n) is 2.36. The van der Waals surface area contributed by atoms with E-state index in [1.54, 1.807) is 24.3 Å². The van der Waals surface area contributed by atoms with Crippen molar-refractivity contribution in [1.29, 1.82) is 0 Å². The predicted molar refractivity (Wildman–Crippen MR) is 57.0 cm³/mol. The lowest BCUT2D eigenvalue weighted by molar-refractivity contribution is 0.466. The highest BCUT2D eigenvalue weighted by atomic mass is 32.2. The molecule has 5 heteroatoms. The van der Waals surface area contributed by atoms with Gasteiger partial charge in [0.2, 0.25) is 0 Å². The molecule has 4 nitrogen and oxygen atoms in total. The van der Waals surface area contributed by atoms with Gasteiger partial charge in [-0.3, -0.25) is 4.90 Å². The SMILES string of the molecule is CCN1CC1S(=O)(=O)Oc1ccccc1. The van der Waals surface area contributed by atoms with E-state index in [1.165, 1.54) is 0 Å². The molecular formula is C10H13NO3S. The lowest BCUT2D eigenvalue weighted by Crippen LogP contribution is -2.19. The van der Waals surface area contributed by atoms with Crippen LogP contribution in [0, 0.1) is 0 Å². The Bertz CT molecular complexity index is 429. The van der Waals surface area contributed by atoms with Crippen molar-refractivity contribution < 1.29 is 12.6 Å². The zero-order valence-electron chi connectivity index (χ0n) is 8.46. The first-order valence-electron chi connectivity index (χ1n) is 4.86. The number of likely N-dealkylation sites (N-methyl/N-ethyl adjacent to an activating group) is 1. The fourth-order valence-electron chi connectivity index (χ4n) is 1.43. The van der Waals surface area contributed by atoms with Crippen molar-refractivity contribution in [1.82, 2.24) is 4.90 Å². The number of para-hydroxylation sites is 1. The number of nitrogens with zero attached hydrogens (tertiary/aromatic N) is 1. The zero-order valence-corrected chi connectivity index (χ0v) is 9.28. The van der Waals surface area contributed by atoms with Crippen LogP contribution in [0.4, 0.5) is 0 Å². The molecule has 2 atom stereocenters. The molecule has 2 unspecified atom stereocenters. The smallest absolute Gasteiger partial charge is 0.326 e. The summed E-state index contributed by atoms with van der Waals surface area (Å²) in [7, 11) is -3.48. The standard InChI is InChI=1S/C10H13NO3S/c1-2-11-8-10(11)15(12,13)14-9-6-4-3-5-7-9/h3-7,10H,2,8H2,1H3.